The maximum atomic E-state index is 11.2. The van der Waals surface area contributed by atoms with E-state index in [1.54, 1.807) is 6.92 Å². The van der Waals surface area contributed by atoms with E-state index in [4.69, 9.17) is 9.88 Å². The van der Waals surface area contributed by atoms with Crippen LogP contribution in [0.25, 0.3) is 0 Å². The lowest BCUT2D eigenvalue weighted by atomic mass is 9.97. The average molecular weight is 209 g/mol. The van der Waals surface area contributed by atoms with Crippen molar-refractivity contribution in [1.29, 1.82) is 0 Å². The Kier molecular flexibility index (Phi) is 3.87. The molecule has 6 heteroatoms. The van der Waals surface area contributed by atoms with Crippen LogP contribution in [0, 0.1) is 5.41 Å². The molecule has 0 heterocycles. The molecule has 0 unspecified atom stereocenters. The summed E-state index contributed by atoms with van der Waals surface area (Å²) in [5.74, 6) is -0.956. The summed E-state index contributed by atoms with van der Waals surface area (Å²) >= 11 is 0. The molecule has 13 heavy (non-hydrogen) atoms. The van der Waals surface area contributed by atoms with Gasteiger partial charge in [0.2, 0.25) is 10.0 Å². The second-order valence-electron chi connectivity index (χ2n) is 3.41. The molecule has 0 radical (unpaired) electrons. The average Bonchev–Trinajstić information content (AvgIpc) is 1.82. The molecule has 0 saturated carbocycles. The number of esters is 1. The highest BCUT2D eigenvalue weighted by atomic mass is 32.2. The van der Waals surface area contributed by atoms with Crippen molar-refractivity contribution in [3.8, 4) is 0 Å². The van der Waals surface area contributed by atoms with Crippen LogP contribution in [0.5, 0.6) is 0 Å². The highest BCUT2D eigenvalue weighted by Gasteiger charge is 2.33. The lowest BCUT2D eigenvalue weighted by molar-refractivity contribution is -0.152. The molecule has 0 aromatic carbocycles. The van der Waals surface area contributed by atoms with Crippen molar-refractivity contribution in [2.45, 2.75) is 20.8 Å². The van der Waals surface area contributed by atoms with Crippen molar-refractivity contribution in [3.63, 3.8) is 0 Å². The quantitative estimate of drug-likeness (QED) is 0.653. The number of carbonyl (C=O) groups excluding carboxylic acids is 1. The fraction of sp³-hybridized carbons (Fsp3) is 0.857. The SMILES string of the molecule is CCOC(=O)C(C)(C)CS(N)(=O)=O. The van der Waals surface area contributed by atoms with Crippen LogP contribution in [-0.2, 0) is 19.6 Å². The van der Waals surface area contributed by atoms with Crippen LogP contribution in [0.3, 0.4) is 0 Å². The molecular formula is C7H15NO4S. The van der Waals surface area contributed by atoms with E-state index >= 15 is 0 Å². The van der Waals surface area contributed by atoms with Gasteiger partial charge in [0.1, 0.15) is 0 Å². The Morgan fingerprint density at radius 2 is 1.92 bits per heavy atom. The molecule has 0 spiro atoms. The summed E-state index contributed by atoms with van der Waals surface area (Å²) in [6.07, 6.45) is 0. The summed E-state index contributed by atoms with van der Waals surface area (Å²) in [6, 6.07) is 0. The largest absolute Gasteiger partial charge is 0.466 e. The summed E-state index contributed by atoms with van der Waals surface area (Å²) in [6.45, 7) is 4.85. The van der Waals surface area contributed by atoms with Crippen LogP contribution in [-0.4, -0.2) is 26.7 Å². The van der Waals surface area contributed by atoms with Gasteiger partial charge >= 0.3 is 5.97 Å². The third-order valence-electron chi connectivity index (χ3n) is 1.39. The second kappa shape index (κ2) is 4.06. The van der Waals surface area contributed by atoms with Gasteiger partial charge in [0.25, 0.3) is 0 Å². The number of ether oxygens (including phenoxy) is 1. The summed E-state index contributed by atoms with van der Waals surface area (Å²) in [7, 11) is -3.65. The number of primary sulfonamides is 1. The maximum Gasteiger partial charge on any atom is 0.312 e. The normalized spacial score (nSPS) is 12.6. The number of rotatable bonds is 4. The van der Waals surface area contributed by atoms with E-state index in [0.29, 0.717) is 0 Å². The van der Waals surface area contributed by atoms with Gasteiger partial charge in [-0.05, 0) is 20.8 Å². The van der Waals surface area contributed by atoms with Gasteiger partial charge < -0.3 is 4.74 Å². The summed E-state index contributed by atoms with van der Waals surface area (Å²) < 4.78 is 26.1. The highest BCUT2D eigenvalue weighted by Crippen LogP contribution is 2.18. The maximum absolute atomic E-state index is 11.2. The van der Waals surface area contributed by atoms with E-state index in [1.807, 2.05) is 0 Å². The third kappa shape index (κ3) is 4.84. The van der Waals surface area contributed by atoms with Gasteiger partial charge in [0, 0.05) is 0 Å². The number of hydrogen-bond donors (Lipinski definition) is 1. The zero-order chi connectivity index (χ0) is 10.7. The van der Waals surface area contributed by atoms with E-state index in [1.165, 1.54) is 13.8 Å². The number of hydrogen-bond acceptors (Lipinski definition) is 4. The van der Waals surface area contributed by atoms with Crippen molar-refractivity contribution >= 4 is 16.0 Å². The molecule has 0 aliphatic heterocycles. The van der Waals surface area contributed by atoms with Crippen molar-refractivity contribution in [2.24, 2.45) is 10.6 Å². The Hall–Kier alpha value is -0.620. The number of sulfonamides is 1. The Morgan fingerprint density at radius 1 is 1.46 bits per heavy atom. The molecule has 0 aliphatic rings. The first-order valence-electron chi connectivity index (χ1n) is 3.87. The summed E-state index contributed by atoms with van der Waals surface area (Å²) in [5, 5.41) is 4.82. The van der Waals surface area contributed by atoms with Gasteiger partial charge in [0.15, 0.2) is 0 Å². The predicted octanol–water partition coefficient (Wildman–Crippen LogP) is -0.136. The second-order valence-corrected chi connectivity index (χ2v) is 5.03. The Bertz CT molecular complexity index is 281. The minimum atomic E-state index is -3.65. The van der Waals surface area contributed by atoms with Crippen LogP contribution in [0.4, 0.5) is 0 Å². The standard InChI is InChI=1S/C7H15NO4S/c1-4-12-6(9)7(2,3)5-13(8,10)11/h4-5H2,1-3H3,(H2,8,10,11). The zero-order valence-electron chi connectivity index (χ0n) is 8.03. The lowest BCUT2D eigenvalue weighted by Crippen LogP contribution is -2.36. The molecule has 0 aromatic rings. The van der Waals surface area contributed by atoms with Gasteiger partial charge in [-0.3, -0.25) is 4.79 Å². The molecule has 0 aliphatic carbocycles. The van der Waals surface area contributed by atoms with Crippen LogP contribution in [0.2, 0.25) is 0 Å². The first kappa shape index (κ1) is 12.4. The number of nitrogens with two attached hydrogens (primary N) is 1. The molecule has 0 bridgehead atoms. The van der Waals surface area contributed by atoms with E-state index in [-0.39, 0.29) is 6.61 Å². The van der Waals surface area contributed by atoms with Gasteiger partial charge in [-0.1, -0.05) is 0 Å². The van der Waals surface area contributed by atoms with E-state index in [2.05, 4.69) is 0 Å². The van der Waals surface area contributed by atoms with Gasteiger partial charge in [-0.2, -0.15) is 0 Å². The first-order valence-corrected chi connectivity index (χ1v) is 5.58. The molecule has 5 nitrogen and oxygen atoms in total. The predicted molar refractivity (Wildman–Crippen MR) is 48.4 cm³/mol. The van der Waals surface area contributed by atoms with E-state index in [9.17, 15) is 13.2 Å². The minimum absolute atomic E-state index is 0.229. The monoisotopic (exact) mass is 209 g/mol. The molecular weight excluding hydrogens is 194 g/mol. The molecule has 0 saturated heterocycles. The van der Waals surface area contributed by atoms with E-state index < -0.39 is 27.2 Å². The van der Waals surface area contributed by atoms with Crippen LogP contribution >= 0.6 is 0 Å². The van der Waals surface area contributed by atoms with Crippen LogP contribution < -0.4 is 5.14 Å². The van der Waals surface area contributed by atoms with Crippen LogP contribution in [0.15, 0.2) is 0 Å². The first-order chi connectivity index (χ1) is 5.69. The third-order valence-corrected chi connectivity index (χ3v) is 2.51. The topological polar surface area (TPSA) is 86.5 Å². The molecule has 78 valence electrons. The van der Waals surface area contributed by atoms with Gasteiger partial charge in [-0.15, -0.1) is 0 Å². The summed E-state index contributed by atoms with van der Waals surface area (Å²) in [4.78, 5) is 11.2. The van der Waals surface area contributed by atoms with Crippen molar-refractivity contribution in [3.05, 3.63) is 0 Å². The molecule has 0 atom stereocenters. The molecule has 0 fully saturated rings. The molecule has 2 N–H and O–H groups in total. The van der Waals surface area contributed by atoms with Gasteiger partial charge in [-0.25, -0.2) is 13.6 Å². The number of carbonyl (C=O) groups is 1. The minimum Gasteiger partial charge on any atom is -0.466 e. The lowest BCUT2D eigenvalue weighted by Gasteiger charge is -2.20. The molecule has 0 amide bonds. The van der Waals surface area contributed by atoms with Crippen molar-refractivity contribution in [1.82, 2.24) is 0 Å². The molecule has 0 rings (SSSR count). The smallest absolute Gasteiger partial charge is 0.312 e. The Morgan fingerprint density at radius 3 is 2.23 bits per heavy atom. The summed E-state index contributed by atoms with van der Waals surface area (Å²) in [5.41, 5.74) is -1.08. The fourth-order valence-corrected chi connectivity index (χ4v) is 2.01. The molecule has 0 aromatic heterocycles. The van der Waals surface area contributed by atoms with Crippen molar-refractivity contribution < 1.29 is 17.9 Å². The highest BCUT2D eigenvalue weighted by molar-refractivity contribution is 7.89. The van der Waals surface area contributed by atoms with Crippen LogP contribution in [0.1, 0.15) is 20.8 Å². The van der Waals surface area contributed by atoms with Crippen molar-refractivity contribution in [2.75, 3.05) is 12.4 Å². The Balaban J connectivity index is 4.49. The van der Waals surface area contributed by atoms with Gasteiger partial charge in [0.05, 0.1) is 17.8 Å². The van der Waals surface area contributed by atoms with E-state index in [0.717, 1.165) is 0 Å². The Labute approximate surface area is 78.3 Å². The fourth-order valence-electron chi connectivity index (χ4n) is 0.888. The zero-order valence-corrected chi connectivity index (χ0v) is 8.85.